The van der Waals surface area contributed by atoms with Crippen LogP contribution in [-0.4, -0.2) is 42.9 Å². The zero-order chi connectivity index (χ0) is 14.7. The fourth-order valence-corrected chi connectivity index (χ4v) is 2.65. The van der Waals surface area contributed by atoms with Crippen molar-refractivity contribution in [3.8, 4) is 0 Å². The lowest BCUT2D eigenvalue weighted by atomic mass is 10.2. The molecule has 1 aromatic rings. The van der Waals surface area contributed by atoms with Crippen molar-refractivity contribution >= 4 is 45.0 Å². The van der Waals surface area contributed by atoms with Gasteiger partial charge in [0.1, 0.15) is 0 Å². The van der Waals surface area contributed by atoms with Crippen LogP contribution in [0.5, 0.6) is 0 Å². The lowest BCUT2D eigenvalue weighted by molar-refractivity contribution is -0.143. The highest BCUT2D eigenvalue weighted by Crippen LogP contribution is 2.29. The minimum absolute atomic E-state index is 0.495. The van der Waals surface area contributed by atoms with Crippen molar-refractivity contribution in [3.63, 3.8) is 0 Å². The Balaban J connectivity index is 2.07. The molecule has 5 nitrogen and oxygen atoms in total. The van der Waals surface area contributed by atoms with Gasteiger partial charge in [-0.05, 0) is 40.5 Å². The minimum atomic E-state index is -0.646. The lowest BCUT2D eigenvalue weighted by Gasteiger charge is -2.26. The number of carbonyl (C=O) groups is 2. The summed E-state index contributed by atoms with van der Waals surface area (Å²) in [5.41, 5.74) is 1.39. The number of piperazine rings is 1. The Morgan fingerprint density at radius 3 is 2.65 bits per heavy atom. The molecule has 0 atom stereocenters. The molecule has 1 saturated heterocycles. The number of hydrogen-bond acceptors (Lipinski definition) is 3. The molecule has 0 bridgehead atoms. The normalized spacial score (nSPS) is 15.1. The molecule has 1 aromatic carbocycles. The number of nitrogens with one attached hydrogen (secondary N) is 2. The van der Waals surface area contributed by atoms with Gasteiger partial charge < -0.3 is 15.5 Å². The Labute approximate surface area is 130 Å². The summed E-state index contributed by atoms with van der Waals surface area (Å²) >= 11 is 9.37. The van der Waals surface area contributed by atoms with E-state index in [9.17, 15) is 9.59 Å². The Hall–Kier alpha value is -1.11. The molecule has 108 valence electrons. The molecule has 1 aliphatic heterocycles. The van der Waals surface area contributed by atoms with Crippen LogP contribution in [0.25, 0.3) is 0 Å². The second-order valence-electron chi connectivity index (χ2n) is 4.58. The van der Waals surface area contributed by atoms with Gasteiger partial charge in [-0.3, -0.25) is 9.59 Å². The van der Waals surface area contributed by atoms with E-state index in [-0.39, 0.29) is 0 Å². The molecular formula is C13H15BrClN3O2. The Bertz CT molecular complexity index is 545. The van der Waals surface area contributed by atoms with Gasteiger partial charge in [0.15, 0.2) is 0 Å². The van der Waals surface area contributed by atoms with Gasteiger partial charge in [0, 0.05) is 35.7 Å². The van der Waals surface area contributed by atoms with Crippen LogP contribution in [0.1, 0.15) is 5.56 Å². The summed E-state index contributed by atoms with van der Waals surface area (Å²) in [7, 11) is 0. The van der Waals surface area contributed by atoms with E-state index in [0.717, 1.165) is 5.56 Å². The zero-order valence-corrected chi connectivity index (χ0v) is 13.3. The summed E-state index contributed by atoms with van der Waals surface area (Å²) in [6.45, 7) is 4.37. The van der Waals surface area contributed by atoms with Crippen LogP contribution in [0, 0.1) is 6.92 Å². The Kier molecular flexibility index (Phi) is 5.01. The van der Waals surface area contributed by atoms with Crippen LogP contribution < -0.4 is 10.6 Å². The summed E-state index contributed by atoms with van der Waals surface area (Å²) in [4.78, 5) is 25.5. The molecule has 0 aromatic heterocycles. The third-order valence-corrected chi connectivity index (χ3v) is 4.16. The van der Waals surface area contributed by atoms with E-state index in [1.54, 1.807) is 12.1 Å². The third-order valence-electron chi connectivity index (χ3n) is 3.09. The van der Waals surface area contributed by atoms with Crippen molar-refractivity contribution in [2.45, 2.75) is 6.92 Å². The summed E-state index contributed by atoms with van der Waals surface area (Å²) in [6.07, 6.45) is 0. The quantitative estimate of drug-likeness (QED) is 0.751. The molecule has 1 aliphatic rings. The second kappa shape index (κ2) is 6.56. The van der Waals surface area contributed by atoms with Crippen molar-refractivity contribution in [2.24, 2.45) is 0 Å². The van der Waals surface area contributed by atoms with E-state index >= 15 is 0 Å². The van der Waals surface area contributed by atoms with Gasteiger partial charge in [0.25, 0.3) is 0 Å². The predicted molar refractivity (Wildman–Crippen MR) is 82.0 cm³/mol. The van der Waals surface area contributed by atoms with Gasteiger partial charge in [-0.15, -0.1) is 0 Å². The highest BCUT2D eigenvalue weighted by Gasteiger charge is 2.23. The monoisotopic (exact) mass is 359 g/mol. The van der Waals surface area contributed by atoms with E-state index in [2.05, 4.69) is 26.6 Å². The standard InChI is InChI=1S/C13H15BrClN3O2/c1-8-6-9(14)11(7-10(8)15)17-12(19)13(20)18-4-2-16-3-5-18/h6-7,16H,2-5H2,1H3,(H,17,19). The van der Waals surface area contributed by atoms with Gasteiger partial charge >= 0.3 is 11.8 Å². The summed E-state index contributed by atoms with van der Waals surface area (Å²) in [6, 6.07) is 3.43. The largest absolute Gasteiger partial charge is 0.332 e. The molecule has 2 N–H and O–H groups in total. The smallest absolute Gasteiger partial charge is 0.313 e. The Morgan fingerprint density at radius 1 is 1.35 bits per heavy atom. The fraction of sp³-hybridized carbons (Fsp3) is 0.385. The van der Waals surface area contributed by atoms with E-state index in [1.165, 1.54) is 4.90 Å². The van der Waals surface area contributed by atoms with Crippen LogP contribution in [0.3, 0.4) is 0 Å². The highest BCUT2D eigenvalue weighted by atomic mass is 79.9. The van der Waals surface area contributed by atoms with E-state index in [0.29, 0.717) is 41.4 Å². The Morgan fingerprint density at radius 2 is 2.00 bits per heavy atom. The van der Waals surface area contributed by atoms with E-state index < -0.39 is 11.8 Å². The fourth-order valence-electron chi connectivity index (χ4n) is 1.93. The number of rotatable bonds is 1. The average Bonchev–Trinajstić information content (AvgIpc) is 2.44. The molecule has 0 aliphatic carbocycles. The number of halogens is 2. The van der Waals surface area contributed by atoms with E-state index in [4.69, 9.17) is 11.6 Å². The number of amides is 2. The van der Waals surface area contributed by atoms with Gasteiger partial charge in [-0.1, -0.05) is 11.6 Å². The molecule has 0 spiro atoms. The lowest BCUT2D eigenvalue weighted by Crippen LogP contribution is -2.49. The van der Waals surface area contributed by atoms with Crippen molar-refractivity contribution in [2.75, 3.05) is 31.5 Å². The van der Waals surface area contributed by atoms with Crippen LogP contribution in [-0.2, 0) is 9.59 Å². The molecule has 1 heterocycles. The molecule has 2 rings (SSSR count). The number of aryl methyl sites for hydroxylation is 1. The first-order chi connectivity index (χ1) is 9.49. The SMILES string of the molecule is Cc1cc(Br)c(NC(=O)C(=O)N2CCNCC2)cc1Cl. The van der Waals surface area contributed by atoms with Crippen molar-refractivity contribution in [3.05, 3.63) is 27.2 Å². The molecule has 20 heavy (non-hydrogen) atoms. The number of carbonyl (C=O) groups excluding carboxylic acids is 2. The first-order valence-electron chi connectivity index (χ1n) is 6.25. The van der Waals surface area contributed by atoms with Crippen LogP contribution in [0.15, 0.2) is 16.6 Å². The highest BCUT2D eigenvalue weighted by molar-refractivity contribution is 9.10. The first-order valence-corrected chi connectivity index (χ1v) is 7.43. The molecule has 0 radical (unpaired) electrons. The molecule has 0 unspecified atom stereocenters. The maximum atomic E-state index is 12.0. The maximum absolute atomic E-state index is 12.0. The number of anilines is 1. The van der Waals surface area contributed by atoms with Crippen molar-refractivity contribution in [1.82, 2.24) is 10.2 Å². The third kappa shape index (κ3) is 3.50. The van der Waals surface area contributed by atoms with Crippen molar-refractivity contribution in [1.29, 1.82) is 0 Å². The second-order valence-corrected chi connectivity index (χ2v) is 5.84. The summed E-state index contributed by atoms with van der Waals surface area (Å²) in [5, 5.41) is 6.26. The van der Waals surface area contributed by atoms with E-state index in [1.807, 2.05) is 6.92 Å². The van der Waals surface area contributed by atoms with Crippen LogP contribution in [0.2, 0.25) is 5.02 Å². The minimum Gasteiger partial charge on any atom is -0.332 e. The number of hydrogen-bond donors (Lipinski definition) is 2. The predicted octanol–water partition coefficient (Wildman–Crippen LogP) is 1.78. The molecule has 0 saturated carbocycles. The van der Waals surface area contributed by atoms with Gasteiger partial charge in [-0.25, -0.2) is 0 Å². The van der Waals surface area contributed by atoms with Crippen LogP contribution >= 0.6 is 27.5 Å². The molecule has 1 fully saturated rings. The van der Waals surface area contributed by atoms with Gasteiger partial charge in [-0.2, -0.15) is 0 Å². The average molecular weight is 361 g/mol. The summed E-state index contributed by atoms with van der Waals surface area (Å²) in [5.74, 6) is -1.16. The summed E-state index contributed by atoms with van der Waals surface area (Å²) < 4.78 is 0.695. The molecule has 7 heteroatoms. The maximum Gasteiger partial charge on any atom is 0.313 e. The van der Waals surface area contributed by atoms with Crippen LogP contribution in [0.4, 0.5) is 5.69 Å². The van der Waals surface area contributed by atoms with Gasteiger partial charge in [0.2, 0.25) is 0 Å². The zero-order valence-electron chi connectivity index (χ0n) is 11.0. The van der Waals surface area contributed by atoms with Gasteiger partial charge in [0.05, 0.1) is 5.69 Å². The molecule has 2 amide bonds. The number of nitrogens with zero attached hydrogens (tertiary/aromatic N) is 1. The number of benzene rings is 1. The topological polar surface area (TPSA) is 61.4 Å². The first kappa shape index (κ1) is 15.3. The molecular weight excluding hydrogens is 346 g/mol. The van der Waals surface area contributed by atoms with Crippen molar-refractivity contribution < 1.29 is 9.59 Å².